The zero-order chi connectivity index (χ0) is 22.8. The molecule has 0 bridgehead atoms. The third kappa shape index (κ3) is 4.21. The Morgan fingerprint density at radius 2 is 1.69 bits per heavy atom. The highest BCUT2D eigenvalue weighted by molar-refractivity contribution is 5.95. The molecule has 2 unspecified atom stereocenters. The van der Waals surface area contributed by atoms with E-state index in [1.807, 2.05) is 50.2 Å². The van der Waals surface area contributed by atoms with E-state index in [9.17, 15) is 14.0 Å². The van der Waals surface area contributed by atoms with Gasteiger partial charge in [-0.3, -0.25) is 9.59 Å². The van der Waals surface area contributed by atoms with Crippen LogP contribution < -0.4 is 15.4 Å². The van der Waals surface area contributed by atoms with Crippen LogP contribution in [0.25, 0.3) is 11.1 Å². The molecule has 32 heavy (non-hydrogen) atoms. The van der Waals surface area contributed by atoms with E-state index < -0.39 is 12.0 Å². The number of hydrogen-bond acceptors (Lipinski definition) is 3. The summed E-state index contributed by atoms with van der Waals surface area (Å²) in [7, 11) is 1.59. The second-order valence-electron chi connectivity index (χ2n) is 8.14. The van der Waals surface area contributed by atoms with Crippen molar-refractivity contribution < 1.29 is 18.7 Å². The second-order valence-corrected chi connectivity index (χ2v) is 8.14. The normalized spacial score (nSPS) is 16.9. The van der Waals surface area contributed by atoms with Crippen LogP contribution in [0.5, 0.6) is 5.75 Å². The third-order valence-electron chi connectivity index (χ3n) is 5.51. The number of nitrogens with one attached hydrogen (secondary N) is 2. The van der Waals surface area contributed by atoms with Crippen LogP contribution >= 0.6 is 0 Å². The van der Waals surface area contributed by atoms with E-state index in [0.717, 1.165) is 22.3 Å². The van der Waals surface area contributed by atoms with Gasteiger partial charge in [0.2, 0.25) is 5.91 Å². The van der Waals surface area contributed by atoms with Crippen LogP contribution in [-0.2, 0) is 4.79 Å². The molecule has 6 heteroatoms. The topological polar surface area (TPSA) is 67.4 Å². The van der Waals surface area contributed by atoms with Gasteiger partial charge in [0.15, 0.2) is 0 Å². The van der Waals surface area contributed by atoms with E-state index in [-0.39, 0.29) is 23.7 Å². The third-order valence-corrected chi connectivity index (χ3v) is 5.51. The average molecular weight is 432 g/mol. The standard InChI is InChI=1S/C26H25FN2O3/c1-15(2)29-25(30)19-6-4-5-17(13-19)18-9-12-22-21(14-18)23(26(31)28-3)24(32-22)16-7-10-20(27)11-8-16/h4-15,23-24H,1-3H3,(H,28,31)(H,29,30). The lowest BCUT2D eigenvalue weighted by atomic mass is 9.88. The molecule has 164 valence electrons. The van der Waals surface area contributed by atoms with Gasteiger partial charge < -0.3 is 15.4 Å². The molecule has 0 fully saturated rings. The summed E-state index contributed by atoms with van der Waals surface area (Å²) in [6.45, 7) is 3.83. The van der Waals surface area contributed by atoms with Crippen molar-refractivity contribution >= 4 is 11.8 Å². The van der Waals surface area contributed by atoms with Gasteiger partial charge in [-0.1, -0.05) is 30.3 Å². The van der Waals surface area contributed by atoms with E-state index in [1.54, 1.807) is 25.2 Å². The molecule has 5 nitrogen and oxygen atoms in total. The second kappa shape index (κ2) is 8.83. The minimum atomic E-state index is -0.576. The molecule has 0 radical (unpaired) electrons. The summed E-state index contributed by atoms with van der Waals surface area (Å²) in [5, 5.41) is 5.61. The van der Waals surface area contributed by atoms with E-state index in [0.29, 0.717) is 11.3 Å². The molecule has 0 aliphatic carbocycles. The first-order valence-corrected chi connectivity index (χ1v) is 10.6. The average Bonchev–Trinajstić information content (AvgIpc) is 3.17. The summed E-state index contributed by atoms with van der Waals surface area (Å²) in [4.78, 5) is 25.2. The molecule has 0 saturated carbocycles. The summed E-state index contributed by atoms with van der Waals surface area (Å²) in [6.07, 6.45) is -0.552. The van der Waals surface area contributed by atoms with Crippen molar-refractivity contribution in [3.05, 3.63) is 89.2 Å². The van der Waals surface area contributed by atoms with Gasteiger partial charge >= 0.3 is 0 Å². The van der Waals surface area contributed by atoms with Gasteiger partial charge in [-0.05, 0) is 66.9 Å². The lowest BCUT2D eigenvalue weighted by Gasteiger charge is -2.18. The molecule has 4 rings (SSSR count). The highest BCUT2D eigenvalue weighted by Gasteiger charge is 2.40. The van der Waals surface area contributed by atoms with Crippen molar-refractivity contribution in [1.82, 2.24) is 10.6 Å². The van der Waals surface area contributed by atoms with Gasteiger partial charge in [0.05, 0.1) is 0 Å². The van der Waals surface area contributed by atoms with Crippen LogP contribution in [-0.4, -0.2) is 24.9 Å². The first-order valence-electron chi connectivity index (χ1n) is 10.6. The van der Waals surface area contributed by atoms with E-state index in [2.05, 4.69) is 10.6 Å². The molecule has 1 aliphatic rings. The molecule has 0 saturated heterocycles. The van der Waals surface area contributed by atoms with Crippen molar-refractivity contribution in [1.29, 1.82) is 0 Å². The van der Waals surface area contributed by atoms with Gasteiger partial charge in [0.1, 0.15) is 23.6 Å². The van der Waals surface area contributed by atoms with Crippen LogP contribution in [0.2, 0.25) is 0 Å². The number of fused-ring (bicyclic) bond motifs is 1. The Labute approximate surface area is 186 Å². The van der Waals surface area contributed by atoms with Crippen molar-refractivity contribution in [2.24, 2.45) is 0 Å². The number of rotatable bonds is 5. The minimum absolute atomic E-state index is 0.0417. The van der Waals surface area contributed by atoms with Crippen LogP contribution in [0.1, 0.15) is 47.4 Å². The fourth-order valence-corrected chi connectivity index (χ4v) is 3.98. The maximum absolute atomic E-state index is 13.4. The number of hydrogen-bond donors (Lipinski definition) is 2. The monoisotopic (exact) mass is 432 g/mol. The molecule has 2 N–H and O–H groups in total. The molecular formula is C26H25FN2O3. The number of amides is 2. The number of halogens is 1. The molecule has 3 aromatic carbocycles. The Bertz CT molecular complexity index is 1160. The summed E-state index contributed by atoms with van der Waals surface area (Å²) in [5.41, 5.74) is 3.80. The first-order chi connectivity index (χ1) is 15.4. The van der Waals surface area contributed by atoms with Crippen molar-refractivity contribution in [2.45, 2.75) is 31.9 Å². The highest BCUT2D eigenvalue weighted by atomic mass is 19.1. The number of carbonyl (C=O) groups excluding carboxylic acids is 2. The Morgan fingerprint density at radius 3 is 2.38 bits per heavy atom. The highest BCUT2D eigenvalue weighted by Crippen LogP contribution is 2.47. The molecule has 1 aliphatic heterocycles. The van der Waals surface area contributed by atoms with Gasteiger partial charge in [0.25, 0.3) is 5.91 Å². The van der Waals surface area contributed by atoms with Crippen molar-refractivity contribution in [3.8, 4) is 16.9 Å². The SMILES string of the molecule is CNC(=O)C1c2cc(-c3cccc(C(=O)NC(C)C)c3)ccc2OC1c1ccc(F)cc1. The van der Waals surface area contributed by atoms with Crippen molar-refractivity contribution in [3.63, 3.8) is 0 Å². The molecule has 2 amide bonds. The number of benzene rings is 3. The lowest BCUT2D eigenvalue weighted by molar-refractivity contribution is -0.123. The smallest absolute Gasteiger partial charge is 0.251 e. The van der Waals surface area contributed by atoms with Crippen LogP contribution in [0.3, 0.4) is 0 Å². The molecule has 3 aromatic rings. The van der Waals surface area contributed by atoms with E-state index in [4.69, 9.17) is 4.74 Å². The Hall–Kier alpha value is -3.67. The number of carbonyl (C=O) groups is 2. The van der Waals surface area contributed by atoms with Crippen LogP contribution in [0.4, 0.5) is 4.39 Å². The Kier molecular flexibility index (Phi) is 5.95. The van der Waals surface area contributed by atoms with Crippen molar-refractivity contribution in [2.75, 3.05) is 7.05 Å². The Balaban J connectivity index is 1.71. The van der Waals surface area contributed by atoms with Crippen LogP contribution in [0, 0.1) is 5.82 Å². The number of likely N-dealkylation sites (N-methyl/N-ethyl adjacent to an activating group) is 1. The van der Waals surface area contributed by atoms with Gasteiger partial charge in [-0.15, -0.1) is 0 Å². The molecule has 0 aromatic heterocycles. The van der Waals surface area contributed by atoms with Crippen LogP contribution in [0.15, 0.2) is 66.7 Å². The van der Waals surface area contributed by atoms with E-state index in [1.165, 1.54) is 12.1 Å². The maximum atomic E-state index is 13.4. The molecule has 2 atom stereocenters. The summed E-state index contributed by atoms with van der Waals surface area (Å²) in [5.74, 6) is -0.617. The zero-order valence-corrected chi connectivity index (χ0v) is 18.2. The fourth-order valence-electron chi connectivity index (χ4n) is 3.98. The number of ether oxygens (including phenoxy) is 1. The Morgan fingerprint density at radius 1 is 0.969 bits per heavy atom. The van der Waals surface area contributed by atoms with Gasteiger partial charge in [-0.2, -0.15) is 0 Å². The summed E-state index contributed by atoms with van der Waals surface area (Å²) in [6, 6.07) is 19.1. The molecular weight excluding hydrogens is 407 g/mol. The molecule has 0 spiro atoms. The summed E-state index contributed by atoms with van der Waals surface area (Å²) >= 11 is 0. The van der Waals surface area contributed by atoms with Gasteiger partial charge in [-0.25, -0.2) is 4.39 Å². The van der Waals surface area contributed by atoms with Gasteiger partial charge in [0, 0.05) is 24.2 Å². The minimum Gasteiger partial charge on any atom is -0.484 e. The predicted octanol–water partition coefficient (Wildman–Crippen LogP) is 4.59. The van der Waals surface area contributed by atoms with E-state index >= 15 is 0 Å². The largest absolute Gasteiger partial charge is 0.484 e. The lowest BCUT2D eigenvalue weighted by Crippen LogP contribution is -2.30. The summed E-state index contributed by atoms with van der Waals surface area (Å²) < 4.78 is 19.5. The predicted molar refractivity (Wildman–Crippen MR) is 121 cm³/mol. The maximum Gasteiger partial charge on any atom is 0.251 e. The quantitative estimate of drug-likeness (QED) is 0.620. The fraction of sp³-hybridized carbons (Fsp3) is 0.231. The molecule has 1 heterocycles. The zero-order valence-electron chi connectivity index (χ0n) is 18.2. The first kappa shape index (κ1) is 21.6.